The number of ether oxygens (including phenoxy) is 1. The Labute approximate surface area is 124 Å². The van der Waals surface area contributed by atoms with Crippen molar-refractivity contribution in [3.63, 3.8) is 0 Å². The van der Waals surface area contributed by atoms with E-state index in [4.69, 9.17) is 4.74 Å². The summed E-state index contributed by atoms with van der Waals surface area (Å²) < 4.78 is 5.93. The van der Waals surface area contributed by atoms with Gasteiger partial charge in [0.15, 0.2) is 0 Å². The molecular weight excluding hydrogens is 248 g/mol. The number of likely N-dealkylation sites (N-methyl/N-ethyl adjacent to an activating group) is 2. The Morgan fingerprint density at radius 3 is 2.40 bits per heavy atom. The van der Waals surface area contributed by atoms with Crippen LogP contribution in [0.3, 0.4) is 0 Å². The maximum Gasteiger partial charge on any atom is 0.124 e. The third-order valence-electron chi connectivity index (χ3n) is 3.96. The Bertz CT molecular complexity index is 402. The Hall–Kier alpha value is -1.06. The van der Waals surface area contributed by atoms with E-state index in [1.807, 2.05) is 6.07 Å². The summed E-state index contributed by atoms with van der Waals surface area (Å²) >= 11 is 0. The topological polar surface area (TPSA) is 24.5 Å². The average molecular weight is 278 g/mol. The van der Waals surface area contributed by atoms with Gasteiger partial charge in [-0.15, -0.1) is 0 Å². The van der Waals surface area contributed by atoms with Gasteiger partial charge in [0.1, 0.15) is 5.75 Å². The highest BCUT2D eigenvalue weighted by Gasteiger charge is 2.33. The van der Waals surface area contributed by atoms with Crippen molar-refractivity contribution in [1.82, 2.24) is 10.2 Å². The summed E-state index contributed by atoms with van der Waals surface area (Å²) in [6.45, 7) is 10.5. The molecule has 1 unspecified atom stereocenters. The smallest absolute Gasteiger partial charge is 0.124 e. The zero-order valence-corrected chi connectivity index (χ0v) is 13.9. The van der Waals surface area contributed by atoms with Crippen molar-refractivity contribution in [2.75, 3.05) is 27.2 Å². The van der Waals surface area contributed by atoms with E-state index in [1.54, 1.807) is 0 Å². The predicted octanol–water partition coefficient (Wildman–Crippen LogP) is 3.47. The molecule has 0 aliphatic heterocycles. The minimum atomic E-state index is 0.00167. The fraction of sp³-hybridized carbons (Fsp3) is 0.647. The lowest BCUT2D eigenvalue weighted by atomic mass is 9.87. The number of nitrogens with one attached hydrogen (secondary N) is 1. The van der Waals surface area contributed by atoms with E-state index in [-0.39, 0.29) is 11.6 Å². The van der Waals surface area contributed by atoms with Crippen molar-refractivity contribution in [2.45, 2.75) is 45.7 Å². The molecule has 1 N–H and O–H groups in total. The Morgan fingerprint density at radius 1 is 1.20 bits per heavy atom. The fourth-order valence-corrected chi connectivity index (χ4v) is 2.27. The van der Waals surface area contributed by atoms with E-state index < -0.39 is 0 Å². The summed E-state index contributed by atoms with van der Waals surface area (Å²) in [7, 11) is 4.25. The first-order valence-electron chi connectivity index (χ1n) is 7.57. The number of hydrogen-bond donors (Lipinski definition) is 1. The van der Waals surface area contributed by atoms with Gasteiger partial charge >= 0.3 is 0 Å². The van der Waals surface area contributed by atoms with Crippen LogP contribution >= 0.6 is 0 Å². The largest absolute Gasteiger partial charge is 0.493 e. The van der Waals surface area contributed by atoms with Crippen molar-refractivity contribution >= 4 is 0 Å². The first-order valence-corrected chi connectivity index (χ1v) is 7.57. The van der Waals surface area contributed by atoms with Gasteiger partial charge in [-0.1, -0.05) is 32.0 Å². The standard InChI is InChI=1S/C17H30N2O/c1-7-13-20-15-12-10-9-11-14(15)16(18-8-2)17(3,4)19(5)6/h9-12,16,18H,7-8,13H2,1-6H3. The summed E-state index contributed by atoms with van der Waals surface area (Å²) in [6, 6.07) is 8.60. The lowest BCUT2D eigenvalue weighted by molar-refractivity contribution is 0.136. The molecule has 0 spiro atoms. The number of nitrogens with zero attached hydrogens (tertiary/aromatic N) is 1. The predicted molar refractivity (Wildman–Crippen MR) is 86.4 cm³/mol. The number of para-hydroxylation sites is 1. The van der Waals surface area contributed by atoms with Gasteiger partial charge in [-0.2, -0.15) is 0 Å². The minimum Gasteiger partial charge on any atom is -0.493 e. The molecule has 0 bridgehead atoms. The quantitative estimate of drug-likeness (QED) is 0.788. The summed E-state index contributed by atoms with van der Waals surface area (Å²) in [5, 5.41) is 3.62. The molecule has 0 radical (unpaired) electrons. The number of hydrogen-bond acceptors (Lipinski definition) is 3. The van der Waals surface area contributed by atoms with E-state index in [0.717, 1.165) is 25.3 Å². The van der Waals surface area contributed by atoms with Crippen molar-refractivity contribution in [3.05, 3.63) is 29.8 Å². The number of rotatable bonds is 8. The molecule has 1 rings (SSSR count). The monoisotopic (exact) mass is 278 g/mol. The van der Waals surface area contributed by atoms with Gasteiger partial charge < -0.3 is 15.0 Å². The summed E-state index contributed by atoms with van der Waals surface area (Å²) in [4.78, 5) is 2.26. The van der Waals surface area contributed by atoms with Gasteiger partial charge in [-0.25, -0.2) is 0 Å². The minimum absolute atomic E-state index is 0.00167. The molecule has 3 heteroatoms. The van der Waals surface area contributed by atoms with Crippen LogP contribution in [0.25, 0.3) is 0 Å². The number of benzene rings is 1. The highest BCUT2D eigenvalue weighted by molar-refractivity contribution is 5.37. The van der Waals surface area contributed by atoms with Crippen LogP contribution in [0.4, 0.5) is 0 Å². The lowest BCUT2D eigenvalue weighted by Crippen LogP contribution is -2.49. The van der Waals surface area contributed by atoms with Crippen LogP contribution in [0.15, 0.2) is 24.3 Å². The molecule has 1 aromatic rings. The second kappa shape index (κ2) is 7.65. The van der Waals surface area contributed by atoms with Crippen molar-refractivity contribution < 1.29 is 4.74 Å². The van der Waals surface area contributed by atoms with E-state index >= 15 is 0 Å². The molecule has 0 aliphatic rings. The van der Waals surface area contributed by atoms with E-state index in [9.17, 15) is 0 Å². The average Bonchev–Trinajstić information content (AvgIpc) is 2.42. The van der Waals surface area contributed by atoms with Gasteiger partial charge in [0, 0.05) is 11.1 Å². The molecule has 114 valence electrons. The molecule has 3 nitrogen and oxygen atoms in total. The fourth-order valence-electron chi connectivity index (χ4n) is 2.27. The van der Waals surface area contributed by atoms with Crippen LogP contribution in [0.1, 0.15) is 45.7 Å². The second-order valence-electron chi connectivity index (χ2n) is 5.93. The van der Waals surface area contributed by atoms with Gasteiger partial charge in [0.2, 0.25) is 0 Å². The van der Waals surface area contributed by atoms with Crippen LogP contribution in [-0.2, 0) is 0 Å². The molecule has 0 fully saturated rings. The molecule has 0 amide bonds. The van der Waals surface area contributed by atoms with E-state index in [2.05, 4.69) is 70.2 Å². The SMILES string of the molecule is CCCOc1ccccc1C(NCC)C(C)(C)N(C)C. The van der Waals surface area contributed by atoms with Crippen LogP contribution in [0.2, 0.25) is 0 Å². The zero-order valence-electron chi connectivity index (χ0n) is 13.9. The first-order chi connectivity index (χ1) is 9.45. The van der Waals surface area contributed by atoms with Crippen molar-refractivity contribution in [3.8, 4) is 5.75 Å². The maximum atomic E-state index is 5.93. The van der Waals surface area contributed by atoms with Gasteiger partial charge in [-0.05, 0) is 47.0 Å². The molecule has 0 heterocycles. The first kappa shape index (κ1) is 17.0. The molecule has 20 heavy (non-hydrogen) atoms. The molecule has 0 saturated heterocycles. The van der Waals surface area contributed by atoms with Crippen molar-refractivity contribution in [2.24, 2.45) is 0 Å². The van der Waals surface area contributed by atoms with Crippen LogP contribution < -0.4 is 10.1 Å². The molecule has 1 atom stereocenters. The summed E-state index contributed by atoms with van der Waals surface area (Å²) in [6.07, 6.45) is 1.03. The van der Waals surface area contributed by atoms with Crippen molar-refractivity contribution in [1.29, 1.82) is 0 Å². The highest BCUT2D eigenvalue weighted by atomic mass is 16.5. The van der Waals surface area contributed by atoms with Gasteiger partial charge in [-0.3, -0.25) is 0 Å². The third kappa shape index (κ3) is 3.97. The molecular formula is C17H30N2O. The Balaban J connectivity index is 3.14. The molecule has 1 aromatic carbocycles. The van der Waals surface area contributed by atoms with Crippen LogP contribution in [0, 0.1) is 0 Å². The Morgan fingerprint density at radius 2 is 1.85 bits per heavy atom. The normalized spacial score (nSPS) is 13.6. The van der Waals surface area contributed by atoms with Gasteiger partial charge in [0.25, 0.3) is 0 Å². The Kier molecular flexibility index (Phi) is 6.50. The molecule has 0 saturated carbocycles. The second-order valence-corrected chi connectivity index (χ2v) is 5.93. The summed E-state index contributed by atoms with van der Waals surface area (Å²) in [5.41, 5.74) is 1.24. The van der Waals surface area contributed by atoms with Crippen LogP contribution in [0.5, 0.6) is 5.75 Å². The molecule has 0 aliphatic carbocycles. The lowest BCUT2D eigenvalue weighted by Gasteiger charge is -2.41. The van der Waals surface area contributed by atoms with E-state index in [0.29, 0.717) is 0 Å². The zero-order chi connectivity index (χ0) is 15.2. The molecule has 0 aromatic heterocycles. The summed E-state index contributed by atoms with van der Waals surface area (Å²) in [5.74, 6) is 0.996. The van der Waals surface area contributed by atoms with E-state index in [1.165, 1.54) is 5.56 Å². The third-order valence-corrected chi connectivity index (χ3v) is 3.96. The highest BCUT2D eigenvalue weighted by Crippen LogP contribution is 2.34. The maximum absolute atomic E-state index is 5.93. The van der Waals surface area contributed by atoms with Gasteiger partial charge in [0.05, 0.1) is 12.6 Å². The van der Waals surface area contributed by atoms with Crippen LogP contribution in [-0.4, -0.2) is 37.7 Å².